The van der Waals surface area contributed by atoms with Crippen LogP contribution < -0.4 is 5.32 Å². The van der Waals surface area contributed by atoms with Crippen LogP contribution in [0.25, 0.3) is 0 Å². The van der Waals surface area contributed by atoms with Crippen molar-refractivity contribution in [2.45, 2.75) is 128 Å². The highest BCUT2D eigenvalue weighted by Gasteiger charge is 2.78. The smallest absolute Gasteiger partial charge is 0.408 e. The number of ketones is 1. The molecule has 2 saturated carbocycles. The van der Waals surface area contributed by atoms with E-state index < -0.39 is 118 Å². The Morgan fingerprint density at radius 3 is 2.11 bits per heavy atom. The van der Waals surface area contributed by atoms with Crippen LogP contribution in [0.4, 0.5) is 4.79 Å². The zero-order chi connectivity index (χ0) is 45.7. The summed E-state index contributed by atoms with van der Waals surface area (Å²) in [5, 5.41) is 39.9. The molecule has 1 heterocycles. The average molecular weight is 862 g/mol. The minimum absolute atomic E-state index is 0.0205. The first-order valence-corrected chi connectivity index (χ1v) is 20.4. The number of esters is 4. The maximum Gasteiger partial charge on any atom is 0.408 e. The van der Waals surface area contributed by atoms with Crippen molar-refractivity contribution < 1.29 is 72.5 Å². The Hall–Kier alpha value is -5.42. The second kappa shape index (κ2) is 16.7. The monoisotopic (exact) mass is 861 g/mol. The van der Waals surface area contributed by atoms with Gasteiger partial charge in [-0.25, -0.2) is 14.4 Å². The third-order valence-electron chi connectivity index (χ3n) is 13.3. The van der Waals surface area contributed by atoms with Gasteiger partial charge in [0.2, 0.25) is 0 Å². The molecule has 334 valence electrons. The Balaban J connectivity index is 1.53. The molecule has 4 aliphatic rings. The van der Waals surface area contributed by atoms with Crippen molar-refractivity contribution in [3.8, 4) is 0 Å². The zero-order valence-electron chi connectivity index (χ0n) is 36.0. The predicted molar refractivity (Wildman–Crippen MR) is 218 cm³/mol. The van der Waals surface area contributed by atoms with Crippen LogP contribution >= 0.6 is 0 Å². The fourth-order valence-corrected chi connectivity index (χ4v) is 9.81. The van der Waals surface area contributed by atoms with E-state index in [1.165, 1.54) is 32.1 Å². The van der Waals surface area contributed by atoms with E-state index in [-0.39, 0.29) is 29.7 Å². The largest absolute Gasteiger partial charge is 0.456 e. The maximum atomic E-state index is 15.5. The van der Waals surface area contributed by atoms with Gasteiger partial charge in [-0.2, -0.15) is 0 Å². The standard InChI is InChI=1S/C46H55NO15/c1-10-42(5,6)62-41(55)47-33(27-17-13-11-14-18-27)34(51)40(54)59-29-22-46(56)38(60-39(53)28-19-15-12-16-20-28)36-44(9,30(50)21-31-45(36,23-57-31)61-26(4)49)37(52)35(58-25(3)48)32(24(29)2)43(46,7)8/h10-20,29-31,33-36,38,50-51,56H,1,21-23H2,2-9H3,(H,47,55)/t29-,30-,31+,33-,34+,35+,36-,38-,44+,45-,46+/m0/s1. The summed E-state index contributed by atoms with van der Waals surface area (Å²) in [7, 11) is 0. The highest BCUT2D eigenvalue weighted by molar-refractivity contribution is 5.95. The van der Waals surface area contributed by atoms with E-state index in [0.29, 0.717) is 5.56 Å². The topological polar surface area (TPSA) is 231 Å². The molecule has 1 aliphatic heterocycles. The molecule has 1 saturated heterocycles. The summed E-state index contributed by atoms with van der Waals surface area (Å²) in [5.41, 5.74) is -8.57. The third-order valence-corrected chi connectivity index (χ3v) is 13.3. The van der Waals surface area contributed by atoms with Crippen molar-refractivity contribution in [1.29, 1.82) is 0 Å². The van der Waals surface area contributed by atoms with E-state index in [1.54, 1.807) is 76.2 Å². The molecule has 16 heteroatoms. The number of ether oxygens (including phenoxy) is 6. The molecule has 0 radical (unpaired) electrons. The van der Waals surface area contributed by atoms with Gasteiger partial charge >= 0.3 is 30.0 Å². The molecule has 2 aromatic carbocycles. The SMILES string of the molecule is C=CC(C)(C)OC(=O)N[C@@H](c1ccccc1)[C@@H](O)C(=O)O[C@H]1C[C@@]2(O)[C@@H](OC(=O)c3ccccc3)[C@@H]3[C@]4(OC(C)=O)CO[C@@H]4C[C@H](O)[C@@]3(C)C(=O)[C@H](OC(C)=O)C(=C1C)C2(C)C. The number of benzene rings is 2. The van der Waals surface area contributed by atoms with Crippen LogP contribution in [0.3, 0.4) is 0 Å². The number of hydrogen-bond acceptors (Lipinski definition) is 15. The maximum absolute atomic E-state index is 15.5. The van der Waals surface area contributed by atoms with Crippen molar-refractivity contribution in [2.24, 2.45) is 16.7 Å². The fraction of sp³-hybridized carbons (Fsp3) is 0.522. The number of carbonyl (C=O) groups is 6. The highest BCUT2D eigenvalue weighted by Crippen LogP contribution is 2.64. The summed E-state index contributed by atoms with van der Waals surface area (Å²) in [5.74, 6) is -6.35. The van der Waals surface area contributed by atoms with Crippen LogP contribution in [0.1, 0.15) is 90.2 Å². The minimum atomic E-state index is -2.41. The molecule has 2 bridgehead atoms. The van der Waals surface area contributed by atoms with Crippen molar-refractivity contribution in [1.82, 2.24) is 5.32 Å². The fourth-order valence-electron chi connectivity index (χ4n) is 9.81. The van der Waals surface area contributed by atoms with Gasteiger partial charge in [0.15, 0.2) is 23.6 Å². The Labute approximate surface area is 359 Å². The molecule has 16 nitrogen and oxygen atoms in total. The van der Waals surface area contributed by atoms with Gasteiger partial charge in [0.25, 0.3) is 0 Å². The number of alkyl carbamates (subject to hydrolysis) is 1. The minimum Gasteiger partial charge on any atom is -0.456 e. The van der Waals surface area contributed by atoms with Crippen LogP contribution in [0, 0.1) is 16.7 Å². The van der Waals surface area contributed by atoms with E-state index in [2.05, 4.69) is 11.9 Å². The predicted octanol–water partition coefficient (Wildman–Crippen LogP) is 4.00. The number of carbonyl (C=O) groups excluding carboxylic acids is 6. The molecule has 1 amide bonds. The lowest BCUT2D eigenvalue weighted by Gasteiger charge is -2.67. The number of Topliss-reactive ketones (excluding diaryl/α,β-unsaturated/α-hetero) is 1. The number of amides is 1. The number of aliphatic hydroxyl groups is 3. The Morgan fingerprint density at radius 2 is 1.56 bits per heavy atom. The van der Waals surface area contributed by atoms with E-state index in [4.69, 9.17) is 28.4 Å². The Bertz CT molecular complexity index is 2150. The molecule has 62 heavy (non-hydrogen) atoms. The van der Waals surface area contributed by atoms with Gasteiger partial charge in [-0.3, -0.25) is 14.4 Å². The second-order valence-corrected chi connectivity index (χ2v) is 17.9. The zero-order valence-corrected chi connectivity index (χ0v) is 36.0. The third kappa shape index (κ3) is 7.82. The Kier molecular flexibility index (Phi) is 12.4. The Morgan fingerprint density at radius 1 is 0.952 bits per heavy atom. The summed E-state index contributed by atoms with van der Waals surface area (Å²) in [6.45, 7) is 14.7. The summed E-state index contributed by atoms with van der Waals surface area (Å²) in [6, 6.07) is 14.4. The van der Waals surface area contributed by atoms with E-state index >= 15 is 4.79 Å². The molecule has 0 aromatic heterocycles. The summed E-state index contributed by atoms with van der Waals surface area (Å²) < 4.78 is 35.6. The number of rotatable bonds is 11. The number of hydrogen-bond donors (Lipinski definition) is 4. The first-order valence-electron chi connectivity index (χ1n) is 20.4. The lowest BCUT2D eigenvalue weighted by molar-refractivity contribution is -0.346. The van der Waals surface area contributed by atoms with Crippen molar-refractivity contribution in [2.75, 3.05) is 6.61 Å². The van der Waals surface area contributed by atoms with Crippen molar-refractivity contribution >= 4 is 35.8 Å². The number of aliphatic hydroxyl groups excluding tert-OH is 2. The molecular formula is C46H55NO15. The van der Waals surface area contributed by atoms with Crippen LogP contribution in [-0.4, -0.2) is 111 Å². The van der Waals surface area contributed by atoms with E-state index in [9.17, 15) is 39.3 Å². The van der Waals surface area contributed by atoms with Gasteiger partial charge in [0, 0.05) is 32.1 Å². The second-order valence-electron chi connectivity index (χ2n) is 17.9. The molecule has 3 fully saturated rings. The molecule has 0 unspecified atom stereocenters. The average Bonchev–Trinajstić information content (AvgIpc) is 3.20. The molecule has 2 aromatic rings. The lowest BCUT2D eigenvalue weighted by Crippen LogP contribution is -2.82. The molecule has 6 rings (SSSR count). The molecule has 0 spiro atoms. The normalized spacial score (nSPS) is 32.1. The summed E-state index contributed by atoms with van der Waals surface area (Å²) in [6.07, 6.45) is -10.3. The molecule has 11 atom stereocenters. The first-order chi connectivity index (χ1) is 28.9. The van der Waals surface area contributed by atoms with Gasteiger partial charge in [-0.1, -0.05) is 69.0 Å². The van der Waals surface area contributed by atoms with Crippen molar-refractivity contribution in [3.63, 3.8) is 0 Å². The molecular weight excluding hydrogens is 806 g/mol. The van der Waals surface area contributed by atoms with Crippen LogP contribution in [0.5, 0.6) is 0 Å². The first kappa shape index (κ1) is 46.1. The van der Waals surface area contributed by atoms with Gasteiger partial charge in [-0.15, -0.1) is 0 Å². The van der Waals surface area contributed by atoms with Gasteiger partial charge < -0.3 is 49.1 Å². The quantitative estimate of drug-likeness (QED) is 0.142. The van der Waals surface area contributed by atoms with Crippen LogP contribution in [0.2, 0.25) is 0 Å². The van der Waals surface area contributed by atoms with Crippen LogP contribution in [-0.2, 0) is 47.6 Å². The van der Waals surface area contributed by atoms with Gasteiger partial charge in [0.1, 0.15) is 29.5 Å². The lowest BCUT2D eigenvalue weighted by atomic mass is 9.44. The van der Waals surface area contributed by atoms with Crippen molar-refractivity contribution in [3.05, 3.63) is 95.6 Å². The summed E-state index contributed by atoms with van der Waals surface area (Å²) >= 11 is 0. The number of nitrogens with one attached hydrogen (secondary N) is 1. The van der Waals surface area contributed by atoms with Gasteiger partial charge in [-0.05, 0) is 62.6 Å². The highest BCUT2D eigenvalue weighted by atomic mass is 16.6. The molecule has 4 N–H and O–H groups in total. The van der Waals surface area contributed by atoms with Gasteiger partial charge in [0.05, 0.1) is 35.6 Å². The summed E-state index contributed by atoms with van der Waals surface area (Å²) in [4.78, 5) is 83.1. The molecule has 3 aliphatic carbocycles. The van der Waals surface area contributed by atoms with Crippen LogP contribution in [0.15, 0.2) is 84.5 Å². The van der Waals surface area contributed by atoms with E-state index in [1.807, 2.05) is 0 Å². The van der Waals surface area contributed by atoms with E-state index in [0.717, 1.165) is 13.8 Å². The number of fused-ring (bicyclic) bond motifs is 5.